The van der Waals surface area contributed by atoms with Crippen LogP contribution in [-0.2, 0) is 10.0 Å². The van der Waals surface area contributed by atoms with Gasteiger partial charge < -0.3 is 10.6 Å². The summed E-state index contributed by atoms with van der Waals surface area (Å²) in [5.74, 6) is 0.624. The lowest BCUT2D eigenvalue weighted by Gasteiger charge is -2.23. The molecule has 2 aliphatic heterocycles. The topological polar surface area (TPSA) is 70.2 Å². The number of hydrogen-bond donors (Lipinski definition) is 3. The van der Waals surface area contributed by atoms with E-state index >= 15 is 0 Å². The number of rotatable bonds is 4. The summed E-state index contributed by atoms with van der Waals surface area (Å²) in [7, 11) is -3.08. The Bertz CT molecular complexity index is 306. The van der Waals surface area contributed by atoms with E-state index in [2.05, 4.69) is 15.4 Å². The van der Waals surface area contributed by atoms with Crippen molar-refractivity contribution in [2.45, 2.75) is 25.3 Å². The molecule has 0 aliphatic carbocycles. The number of hydrogen-bond acceptors (Lipinski definition) is 4. The number of sulfonamides is 1. The van der Waals surface area contributed by atoms with Crippen molar-refractivity contribution in [1.82, 2.24) is 15.4 Å². The van der Waals surface area contributed by atoms with Crippen LogP contribution in [-0.4, -0.2) is 46.4 Å². The van der Waals surface area contributed by atoms with Crippen LogP contribution in [0, 0.1) is 5.92 Å². The largest absolute Gasteiger partial charge is 0.317 e. The predicted molar refractivity (Wildman–Crippen MR) is 63.8 cm³/mol. The van der Waals surface area contributed by atoms with Crippen LogP contribution in [0.5, 0.6) is 0 Å². The summed E-state index contributed by atoms with van der Waals surface area (Å²) < 4.78 is 26.6. The second kappa shape index (κ2) is 5.44. The highest BCUT2D eigenvalue weighted by molar-refractivity contribution is 7.89. The molecule has 0 aromatic carbocycles. The fourth-order valence-corrected chi connectivity index (χ4v) is 4.18. The molecule has 2 heterocycles. The van der Waals surface area contributed by atoms with Crippen LogP contribution >= 0.6 is 0 Å². The highest BCUT2D eigenvalue weighted by Crippen LogP contribution is 2.14. The molecule has 0 aromatic rings. The van der Waals surface area contributed by atoms with E-state index in [1.165, 1.54) is 0 Å². The van der Waals surface area contributed by atoms with Gasteiger partial charge in [-0.3, -0.25) is 0 Å². The van der Waals surface area contributed by atoms with Gasteiger partial charge in [-0.25, -0.2) is 13.1 Å². The smallest absolute Gasteiger partial charge is 0.212 e. The first-order valence-electron chi connectivity index (χ1n) is 6.07. The molecule has 0 spiro atoms. The first-order valence-corrected chi connectivity index (χ1v) is 7.72. The van der Waals surface area contributed by atoms with E-state index in [0.717, 1.165) is 45.4 Å². The predicted octanol–water partition coefficient (Wildman–Crippen LogP) is -0.733. The van der Waals surface area contributed by atoms with Crippen LogP contribution in [0.4, 0.5) is 0 Å². The van der Waals surface area contributed by atoms with Crippen molar-refractivity contribution in [2.24, 2.45) is 5.92 Å². The van der Waals surface area contributed by atoms with Crippen molar-refractivity contribution in [1.29, 1.82) is 0 Å². The molecule has 0 radical (unpaired) electrons. The molecule has 16 heavy (non-hydrogen) atoms. The Kier molecular flexibility index (Phi) is 4.18. The van der Waals surface area contributed by atoms with E-state index in [9.17, 15) is 8.42 Å². The van der Waals surface area contributed by atoms with Gasteiger partial charge in [-0.1, -0.05) is 0 Å². The zero-order chi connectivity index (χ0) is 11.4. The molecule has 0 amide bonds. The standard InChI is InChI=1S/C10H21N3O2S/c14-16(15,13-10-3-6-12-7-10)8-9-1-4-11-5-2-9/h9-13H,1-8H2. The summed E-state index contributed by atoms with van der Waals surface area (Å²) in [6.45, 7) is 3.59. The van der Waals surface area contributed by atoms with Crippen LogP contribution in [0.15, 0.2) is 0 Å². The Morgan fingerprint density at radius 2 is 1.75 bits per heavy atom. The van der Waals surface area contributed by atoms with Crippen LogP contribution in [0.3, 0.4) is 0 Å². The third kappa shape index (κ3) is 3.69. The van der Waals surface area contributed by atoms with Gasteiger partial charge in [0.25, 0.3) is 0 Å². The maximum absolute atomic E-state index is 11.9. The molecule has 0 saturated carbocycles. The van der Waals surface area contributed by atoms with E-state index in [0.29, 0.717) is 11.7 Å². The summed E-state index contributed by atoms with van der Waals surface area (Å²) >= 11 is 0. The maximum Gasteiger partial charge on any atom is 0.212 e. The van der Waals surface area contributed by atoms with Gasteiger partial charge in [0.15, 0.2) is 0 Å². The number of piperidine rings is 1. The lowest BCUT2D eigenvalue weighted by Crippen LogP contribution is -2.41. The van der Waals surface area contributed by atoms with Crippen molar-refractivity contribution in [3.63, 3.8) is 0 Å². The molecule has 2 aliphatic rings. The lowest BCUT2D eigenvalue weighted by molar-refractivity contribution is 0.399. The van der Waals surface area contributed by atoms with Crippen molar-refractivity contribution in [3.05, 3.63) is 0 Å². The molecule has 2 fully saturated rings. The van der Waals surface area contributed by atoms with Gasteiger partial charge in [-0.15, -0.1) is 0 Å². The average Bonchev–Trinajstić information content (AvgIpc) is 2.70. The van der Waals surface area contributed by atoms with Gasteiger partial charge in [-0.05, 0) is 44.8 Å². The van der Waals surface area contributed by atoms with Gasteiger partial charge in [0.05, 0.1) is 5.75 Å². The zero-order valence-corrected chi connectivity index (χ0v) is 10.4. The Morgan fingerprint density at radius 1 is 1.06 bits per heavy atom. The monoisotopic (exact) mass is 247 g/mol. The summed E-state index contributed by atoms with van der Waals surface area (Å²) in [6.07, 6.45) is 2.86. The molecule has 2 rings (SSSR count). The Morgan fingerprint density at radius 3 is 2.38 bits per heavy atom. The molecular formula is C10H21N3O2S. The first kappa shape index (κ1) is 12.3. The van der Waals surface area contributed by atoms with Gasteiger partial charge in [0.2, 0.25) is 10.0 Å². The first-order chi connectivity index (χ1) is 7.66. The molecule has 0 aromatic heterocycles. The molecule has 5 nitrogen and oxygen atoms in total. The average molecular weight is 247 g/mol. The Labute approximate surface area is 97.4 Å². The van der Waals surface area contributed by atoms with Crippen molar-refractivity contribution in [3.8, 4) is 0 Å². The molecule has 6 heteroatoms. The van der Waals surface area contributed by atoms with E-state index in [4.69, 9.17) is 0 Å². The third-order valence-electron chi connectivity index (χ3n) is 3.32. The molecule has 2 saturated heterocycles. The Balaban J connectivity index is 1.81. The quantitative estimate of drug-likeness (QED) is 0.612. The summed E-state index contributed by atoms with van der Waals surface area (Å²) in [4.78, 5) is 0. The van der Waals surface area contributed by atoms with E-state index in [-0.39, 0.29) is 6.04 Å². The lowest BCUT2D eigenvalue weighted by atomic mass is 10.0. The Hall–Kier alpha value is -0.170. The van der Waals surface area contributed by atoms with Gasteiger partial charge >= 0.3 is 0 Å². The normalized spacial score (nSPS) is 28.4. The number of nitrogens with one attached hydrogen (secondary N) is 3. The highest BCUT2D eigenvalue weighted by Gasteiger charge is 2.25. The SMILES string of the molecule is O=S(=O)(CC1CCNCC1)NC1CCNC1. The van der Waals surface area contributed by atoms with Gasteiger partial charge in [0.1, 0.15) is 0 Å². The van der Waals surface area contributed by atoms with E-state index in [1.807, 2.05) is 0 Å². The summed E-state index contributed by atoms with van der Waals surface area (Å²) in [5.41, 5.74) is 0. The molecule has 1 atom stereocenters. The fourth-order valence-electron chi connectivity index (χ4n) is 2.42. The van der Waals surface area contributed by atoms with Crippen molar-refractivity contribution >= 4 is 10.0 Å². The molecule has 0 bridgehead atoms. The zero-order valence-electron chi connectivity index (χ0n) is 9.54. The van der Waals surface area contributed by atoms with Crippen LogP contribution in [0.25, 0.3) is 0 Å². The molecule has 94 valence electrons. The minimum absolute atomic E-state index is 0.103. The van der Waals surface area contributed by atoms with Crippen LogP contribution < -0.4 is 15.4 Å². The van der Waals surface area contributed by atoms with Gasteiger partial charge in [-0.2, -0.15) is 0 Å². The van der Waals surface area contributed by atoms with E-state index in [1.54, 1.807) is 0 Å². The highest BCUT2D eigenvalue weighted by atomic mass is 32.2. The minimum atomic E-state index is -3.08. The summed E-state index contributed by atoms with van der Waals surface area (Å²) in [6, 6.07) is 0.103. The van der Waals surface area contributed by atoms with Crippen molar-refractivity contribution in [2.75, 3.05) is 31.9 Å². The van der Waals surface area contributed by atoms with Crippen LogP contribution in [0.1, 0.15) is 19.3 Å². The molecular weight excluding hydrogens is 226 g/mol. The fraction of sp³-hybridized carbons (Fsp3) is 1.00. The van der Waals surface area contributed by atoms with E-state index < -0.39 is 10.0 Å². The van der Waals surface area contributed by atoms with Gasteiger partial charge in [0, 0.05) is 12.6 Å². The summed E-state index contributed by atoms with van der Waals surface area (Å²) in [5, 5.41) is 6.41. The molecule has 1 unspecified atom stereocenters. The molecule has 3 N–H and O–H groups in total. The third-order valence-corrected chi connectivity index (χ3v) is 4.92. The second-order valence-electron chi connectivity index (χ2n) is 4.78. The second-order valence-corrected chi connectivity index (χ2v) is 6.58. The minimum Gasteiger partial charge on any atom is -0.317 e. The van der Waals surface area contributed by atoms with Crippen LogP contribution in [0.2, 0.25) is 0 Å². The van der Waals surface area contributed by atoms with Crippen molar-refractivity contribution < 1.29 is 8.42 Å². The maximum atomic E-state index is 11.9.